The molecule has 2 atom stereocenters. The first-order valence-corrected chi connectivity index (χ1v) is 25.2. The molecule has 11 rings (SSSR count). The lowest BCUT2D eigenvalue weighted by Gasteiger charge is -2.37. The monoisotopic (exact) mass is 857 g/mol. The van der Waals surface area contributed by atoms with Crippen LogP contribution in [0.25, 0.3) is 16.7 Å². The van der Waals surface area contributed by atoms with E-state index in [-0.39, 0.29) is 0 Å². The Labute approximate surface area is 394 Å². The van der Waals surface area contributed by atoms with E-state index in [9.17, 15) is 0 Å². The van der Waals surface area contributed by atoms with Crippen molar-refractivity contribution in [2.24, 2.45) is 11.8 Å². The number of rotatable bonds is 11. The Kier molecular flexibility index (Phi) is 12.3. The molecule has 328 valence electrons. The van der Waals surface area contributed by atoms with Crippen LogP contribution in [0.15, 0.2) is 212 Å². The predicted molar refractivity (Wildman–Crippen MR) is 278 cm³/mol. The first-order chi connectivity index (χ1) is 32.7. The maximum Gasteiger partial charge on any atom is 0.0714 e. The maximum atomic E-state index is 2.61. The second-order valence-electron chi connectivity index (χ2n) is 19.7. The van der Waals surface area contributed by atoms with Crippen LogP contribution in [0.5, 0.6) is 0 Å². The highest BCUT2D eigenvalue weighted by Crippen LogP contribution is 2.57. The van der Waals surface area contributed by atoms with Crippen LogP contribution in [0, 0.1) is 11.8 Å². The van der Waals surface area contributed by atoms with Gasteiger partial charge in [-0.3, -0.25) is 0 Å². The highest BCUT2D eigenvalue weighted by Gasteiger charge is 2.46. The summed E-state index contributed by atoms with van der Waals surface area (Å²) in [5.41, 5.74) is 18.1. The average molecular weight is 858 g/mol. The zero-order chi connectivity index (χ0) is 44.1. The molecule has 66 heavy (non-hydrogen) atoms. The SMILES string of the molecule is C1=CC=C(N(c2ccc(C3CCCCC3CC3CCCCCC3)c(Cc3ccccc3)c2)c2ccc3c(c2)C(c2ccccc2)(c2ccccc2)c2ccccc2-3)CC(c2ccccc2)=C1. The smallest absolute Gasteiger partial charge is 0.0714 e. The number of hydrogen-bond acceptors (Lipinski definition) is 1. The summed E-state index contributed by atoms with van der Waals surface area (Å²) in [5, 5.41) is 0. The molecule has 0 N–H and O–H groups in total. The molecular weight excluding hydrogens is 795 g/mol. The van der Waals surface area contributed by atoms with Gasteiger partial charge in [-0.25, -0.2) is 0 Å². The van der Waals surface area contributed by atoms with Gasteiger partial charge < -0.3 is 4.90 Å². The standard InChI is InChI=1S/C65H63N/c1-2-8-24-48(23-7-1)43-52-30-18-20-36-59(52)60-41-39-57(46-53(60)44-49-25-9-3-10-26-49)66(56-35-19-17-29-51(45-56)50-27-11-4-12-28-50)58-40-42-62-61-37-21-22-38-63(61)65(64(62)47-58,54-31-13-5-14-32-54)55-33-15-6-16-34-55/h3-6,9-17,19,21-22,25-29,31-35,37-42,46-48,52,59H,1-2,7-8,18,20,23-24,30,36,43-45H2. The molecule has 0 aromatic heterocycles. The fourth-order valence-corrected chi connectivity index (χ4v) is 12.7. The minimum absolute atomic E-state index is 0.487. The molecular formula is C65H63N. The van der Waals surface area contributed by atoms with Crippen LogP contribution in [0.3, 0.4) is 0 Å². The van der Waals surface area contributed by atoms with E-state index in [1.54, 1.807) is 5.56 Å². The summed E-state index contributed by atoms with van der Waals surface area (Å²) in [6.45, 7) is 0. The number of nitrogens with zero attached hydrogens (tertiary/aromatic N) is 1. The van der Waals surface area contributed by atoms with Crippen molar-refractivity contribution < 1.29 is 0 Å². The molecule has 0 saturated heterocycles. The van der Waals surface area contributed by atoms with Crippen LogP contribution in [-0.4, -0.2) is 0 Å². The van der Waals surface area contributed by atoms with Crippen molar-refractivity contribution in [1.29, 1.82) is 0 Å². The van der Waals surface area contributed by atoms with E-state index in [1.165, 1.54) is 143 Å². The van der Waals surface area contributed by atoms with E-state index < -0.39 is 5.41 Å². The van der Waals surface area contributed by atoms with Gasteiger partial charge in [0, 0.05) is 23.5 Å². The summed E-state index contributed by atoms with van der Waals surface area (Å²) in [4.78, 5) is 2.61. The zero-order valence-corrected chi connectivity index (χ0v) is 38.5. The van der Waals surface area contributed by atoms with Crippen LogP contribution >= 0.6 is 0 Å². The number of fused-ring (bicyclic) bond motifs is 3. The molecule has 0 bridgehead atoms. The number of benzene rings is 7. The van der Waals surface area contributed by atoms with Gasteiger partial charge in [-0.2, -0.15) is 0 Å². The summed E-state index contributed by atoms with van der Waals surface area (Å²) < 4.78 is 0. The van der Waals surface area contributed by atoms with Gasteiger partial charge in [-0.15, -0.1) is 0 Å². The number of hydrogen-bond donors (Lipinski definition) is 0. The molecule has 1 nitrogen and oxygen atoms in total. The molecule has 7 aromatic carbocycles. The Balaban J connectivity index is 1.09. The van der Waals surface area contributed by atoms with Crippen molar-refractivity contribution in [1.82, 2.24) is 0 Å². The minimum Gasteiger partial charge on any atom is -0.314 e. The highest BCUT2D eigenvalue weighted by molar-refractivity contribution is 5.89. The van der Waals surface area contributed by atoms with E-state index in [0.29, 0.717) is 5.92 Å². The summed E-state index contributed by atoms with van der Waals surface area (Å²) in [6, 6.07) is 68.9. The fourth-order valence-electron chi connectivity index (χ4n) is 12.7. The predicted octanol–water partition coefficient (Wildman–Crippen LogP) is 17.3. The lowest BCUT2D eigenvalue weighted by atomic mass is 9.67. The largest absolute Gasteiger partial charge is 0.314 e. The summed E-state index contributed by atoms with van der Waals surface area (Å²) in [5.74, 6) is 2.25. The van der Waals surface area contributed by atoms with Crippen LogP contribution in [0.2, 0.25) is 0 Å². The van der Waals surface area contributed by atoms with Crippen LogP contribution in [0.1, 0.15) is 127 Å². The Morgan fingerprint density at radius 1 is 0.485 bits per heavy atom. The van der Waals surface area contributed by atoms with Crippen molar-refractivity contribution in [3.63, 3.8) is 0 Å². The highest BCUT2D eigenvalue weighted by atomic mass is 15.1. The molecule has 0 aliphatic heterocycles. The molecule has 2 saturated carbocycles. The third kappa shape index (κ3) is 8.23. The molecule has 1 heteroatoms. The third-order valence-electron chi connectivity index (χ3n) is 15.7. The summed E-state index contributed by atoms with van der Waals surface area (Å²) in [7, 11) is 0. The Morgan fingerprint density at radius 2 is 1.08 bits per heavy atom. The Morgan fingerprint density at radius 3 is 1.82 bits per heavy atom. The number of allylic oxidation sites excluding steroid dienone is 5. The van der Waals surface area contributed by atoms with Crippen molar-refractivity contribution in [2.75, 3.05) is 4.90 Å². The van der Waals surface area contributed by atoms with E-state index >= 15 is 0 Å². The molecule has 4 aliphatic carbocycles. The van der Waals surface area contributed by atoms with Crippen molar-refractivity contribution in [3.05, 3.63) is 256 Å². The van der Waals surface area contributed by atoms with Gasteiger partial charge in [0.25, 0.3) is 0 Å². The van der Waals surface area contributed by atoms with E-state index in [2.05, 4.69) is 211 Å². The van der Waals surface area contributed by atoms with Crippen molar-refractivity contribution >= 4 is 16.9 Å². The lowest BCUT2D eigenvalue weighted by Crippen LogP contribution is -2.29. The minimum atomic E-state index is -0.487. The van der Waals surface area contributed by atoms with Gasteiger partial charge in [0.05, 0.1) is 5.41 Å². The summed E-state index contributed by atoms with van der Waals surface area (Å²) in [6.07, 6.45) is 26.2. The first kappa shape index (κ1) is 42.2. The molecule has 0 spiro atoms. The maximum absolute atomic E-state index is 2.61. The van der Waals surface area contributed by atoms with E-state index in [0.717, 1.165) is 24.7 Å². The second kappa shape index (κ2) is 19.2. The number of anilines is 2. The van der Waals surface area contributed by atoms with E-state index in [4.69, 9.17) is 0 Å². The second-order valence-corrected chi connectivity index (χ2v) is 19.7. The molecule has 0 amide bonds. The molecule has 0 heterocycles. The van der Waals surface area contributed by atoms with Gasteiger partial charge in [0.15, 0.2) is 0 Å². The molecule has 7 aromatic rings. The fraction of sp³-hybridized carbons (Fsp3) is 0.262. The van der Waals surface area contributed by atoms with Gasteiger partial charge in [0.2, 0.25) is 0 Å². The van der Waals surface area contributed by atoms with Gasteiger partial charge in [-0.05, 0) is 135 Å². The first-order valence-electron chi connectivity index (χ1n) is 25.2. The normalized spacial score (nSPS) is 19.2. The molecule has 0 radical (unpaired) electrons. The van der Waals surface area contributed by atoms with Crippen LogP contribution in [-0.2, 0) is 11.8 Å². The Bertz CT molecular complexity index is 2800. The lowest BCUT2D eigenvalue weighted by molar-refractivity contribution is 0.238. The van der Waals surface area contributed by atoms with E-state index in [1.807, 2.05) is 0 Å². The van der Waals surface area contributed by atoms with Crippen LogP contribution in [0.4, 0.5) is 11.4 Å². The van der Waals surface area contributed by atoms with Gasteiger partial charge in [-0.1, -0.05) is 227 Å². The quantitative estimate of drug-likeness (QED) is 0.117. The zero-order valence-electron chi connectivity index (χ0n) is 38.5. The Hall–Kier alpha value is -6.44. The van der Waals surface area contributed by atoms with Gasteiger partial charge in [0.1, 0.15) is 0 Å². The summed E-state index contributed by atoms with van der Waals surface area (Å²) >= 11 is 0. The molecule has 4 aliphatic rings. The average Bonchev–Trinajstić information content (AvgIpc) is 3.61. The molecule has 2 unspecified atom stereocenters. The van der Waals surface area contributed by atoms with Gasteiger partial charge >= 0.3 is 0 Å². The molecule has 2 fully saturated rings. The van der Waals surface area contributed by atoms with Crippen molar-refractivity contribution in [3.8, 4) is 11.1 Å². The van der Waals surface area contributed by atoms with Crippen molar-refractivity contribution in [2.45, 2.75) is 94.8 Å². The topological polar surface area (TPSA) is 3.24 Å². The third-order valence-corrected chi connectivity index (χ3v) is 15.7. The van der Waals surface area contributed by atoms with Crippen LogP contribution < -0.4 is 4.90 Å².